The number of nitrogens with zero attached hydrogens (tertiary/aromatic N) is 2. The molecule has 7 nitrogen and oxygen atoms in total. The van der Waals surface area contributed by atoms with Crippen molar-refractivity contribution >= 4 is 10.0 Å². The van der Waals surface area contributed by atoms with Crippen LogP contribution in [0.4, 0.5) is 0 Å². The van der Waals surface area contributed by atoms with Crippen molar-refractivity contribution in [2.24, 2.45) is 0 Å². The van der Waals surface area contributed by atoms with E-state index < -0.39 is 16.1 Å². The fourth-order valence-corrected chi connectivity index (χ4v) is 5.66. The minimum atomic E-state index is -3.78. The minimum absolute atomic E-state index is 0.199. The molecule has 0 saturated carbocycles. The molecule has 3 aromatic rings. The standard InChI is InChI=1S/C22H22N2O5S/c1-27-17-6-4-16(5-7-17)22-19-3-2-10-23(19)11-12-24(22)30(25,26)18-8-9-20-21(15-18)29-14-13-28-20/h2-10,15,22H,11-14H2,1H3/t22-/m1/s1. The highest BCUT2D eigenvalue weighted by molar-refractivity contribution is 7.89. The summed E-state index contributed by atoms with van der Waals surface area (Å²) in [6.07, 6.45) is 1.99. The van der Waals surface area contributed by atoms with Crippen LogP contribution in [0, 0.1) is 0 Å². The van der Waals surface area contributed by atoms with Crippen molar-refractivity contribution in [3.05, 3.63) is 72.1 Å². The fourth-order valence-electron chi connectivity index (χ4n) is 4.06. The molecular weight excluding hydrogens is 404 g/mol. The fraction of sp³-hybridized carbons (Fsp3) is 0.273. The highest BCUT2D eigenvalue weighted by Gasteiger charge is 2.38. The summed E-state index contributed by atoms with van der Waals surface area (Å²) in [4.78, 5) is 0.199. The highest BCUT2D eigenvalue weighted by Crippen LogP contribution is 2.39. The van der Waals surface area contributed by atoms with Crippen LogP contribution in [0.25, 0.3) is 0 Å². The molecule has 5 rings (SSSR count). The van der Waals surface area contributed by atoms with Gasteiger partial charge in [0.1, 0.15) is 19.0 Å². The molecule has 0 aliphatic carbocycles. The molecule has 3 heterocycles. The van der Waals surface area contributed by atoms with Gasteiger partial charge in [-0.3, -0.25) is 0 Å². The van der Waals surface area contributed by atoms with Crippen LogP contribution in [0.2, 0.25) is 0 Å². The first-order valence-corrected chi connectivity index (χ1v) is 11.2. The number of aromatic nitrogens is 1. The predicted molar refractivity (Wildman–Crippen MR) is 111 cm³/mol. The van der Waals surface area contributed by atoms with Crippen molar-refractivity contribution in [2.75, 3.05) is 26.9 Å². The number of benzene rings is 2. The molecule has 1 atom stereocenters. The third-order valence-corrected chi connectivity index (χ3v) is 7.41. The first kappa shape index (κ1) is 19.0. The second kappa shape index (κ2) is 7.37. The van der Waals surface area contributed by atoms with E-state index in [1.165, 1.54) is 0 Å². The van der Waals surface area contributed by atoms with Crippen molar-refractivity contribution in [2.45, 2.75) is 17.5 Å². The normalized spacial score (nSPS) is 18.6. The van der Waals surface area contributed by atoms with Gasteiger partial charge >= 0.3 is 0 Å². The van der Waals surface area contributed by atoms with Gasteiger partial charge in [-0.2, -0.15) is 4.31 Å². The zero-order chi connectivity index (χ0) is 20.7. The van der Waals surface area contributed by atoms with Gasteiger partial charge in [-0.1, -0.05) is 12.1 Å². The van der Waals surface area contributed by atoms with Gasteiger partial charge in [-0.25, -0.2) is 8.42 Å². The first-order chi connectivity index (χ1) is 14.6. The summed E-state index contributed by atoms with van der Waals surface area (Å²) < 4.78 is 47.5. The lowest BCUT2D eigenvalue weighted by Crippen LogP contribution is -2.42. The Morgan fingerprint density at radius 2 is 1.73 bits per heavy atom. The summed E-state index contributed by atoms with van der Waals surface area (Å²) in [5, 5.41) is 0. The molecule has 0 radical (unpaired) electrons. The largest absolute Gasteiger partial charge is 0.497 e. The zero-order valence-electron chi connectivity index (χ0n) is 16.5. The summed E-state index contributed by atoms with van der Waals surface area (Å²) in [7, 11) is -2.17. The van der Waals surface area contributed by atoms with E-state index in [4.69, 9.17) is 14.2 Å². The maximum Gasteiger partial charge on any atom is 0.244 e. The average Bonchev–Trinajstić information content (AvgIpc) is 3.27. The molecule has 8 heteroatoms. The van der Waals surface area contributed by atoms with E-state index in [1.807, 2.05) is 42.6 Å². The number of rotatable bonds is 4. The van der Waals surface area contributed by atoms with Gasteiger partial charge in [0.25, 0.3) is 0 Å². The quantitative estimate of drug-likeness (QED) is 0.641. The van der Waals surface area contributed by atoms with Crippen LogP contribution in [0.15, 0.2) is 65.7 Å². The van der Waals surface area contributed by atoms with Crippen LogP contribution in [-0.4, -0.2) is 44.2 Å². The SMILES string of the molecule is COc1ccc([C@@H]2c3cccn3CCN2S(=O)(=O)c2ccc3c(c2)OCCO3)cc1. The van der Waals surface area contributed by atoms with Gasteiger partial charge in [0.2, 0.25) is 10.0 Å². The molecule has 1 aromatic heterocycles. The lowest BCUT2D eigenvalue weighted by atomic mass is 10.0. The molecule has 0 bridgehead atoms. The van der Waals surface area contributed by atoms with Gasteiger partial charge in [0, 0.05) is 31.0 Å². The van der Waals surface area contributed by atoms with Crippen LogP contribution in [-0.2, 0) is 16.6 Å². The summed E-state index contributed by atoms with van der Waals surface area (Å²) in [5.41, 5.74) is 1.82. The predicted octanol–water partition coefficient (Wildman–Crippen LogP) is 3.06. The number of methoxy groups -OCH3 is 1. The maximum atomic E-state index is 13.7. The van der Waals surface area contributed by atoms with Gasteiger partial charge in [0.15, 0.2) is 11.5 Å². The Hall–Kier alpha value is -2.97. The number of fused-ring (bicyclic) bond motifs is 2. The van der Waals surface area contributed by atoms with Crippen molar-refractivity contribution < 1.29 is 22.6 Å². The smallest absolute Gasteiger partial charge is 0.244 e. The van der Waals surface area contributed by atoms with E-state index in [1.54, 1.807) is 29.6 Å². The summed E-state index contributed by atoms with van der Waals surface area (Å²) >= 11 is 0. The van der Waals surface area contributed by atoms with Crippen LogP contribution in [0.5, 0.6) is 17.2 Å². The lowest BCUT2D eigenvalue weighted by molar-refractivity contribution is 0.171. The Morgan fingerprint density at radius 1 is 0.967 bits per heavy atom. The maximum absolute atomic E-state index is 13.7. The number of ether oxygens (including phenoxy) is 3. The topological polar surface area (TPSA) is 70.0 Å². The molecule has 2 aromatic carbocycles. The van der Waals surface area contributed by atoms with Crippen LogP contribution < -0.4 is 14.2 Å². The van der Waals surface area contributed by atoms with Crippen LogP contribution in [0.1, 0.15) is 17.3 Å². The third-order valence-electron chi connectivity index (χ3n) is 5.55. The van der Waals surface area contributed by atoms with Crippen molar-refractivity contribution in [1.29, 1.82) is 0 Å². The molecule has 0 fully saturated rings. The zero-order valence-corrected chi connectivity index (χ0v) is 17.3. The Bertz CT molecular complexity index is 1170. The molecule has 0 amide bonds. The number of sulfonamides is 1. The average molecular weight is 426 g/mol. The van der Waals surface area contributed by atoms with Crippen molar-refractivity contribution in [3.63, 3.8) is 0 Å². The van der Waals surface area contributed by atoms with E-state index >= 15 is 0 Å². The van der Waals surface area contributed by atoms with E-state index in [9.17, 15) is 8.42 Å². The molecule has 0 N–H and O–H groups in total. The van der Waals surface area contributed by atoms with Gasteiger partial charge in [0.05, 0.1) is 18.0 Å². The molecule has 2 aliphatic heterocycles. The van der Waals surface area contributed by atoms with Crippen molar-refractivity contribution in [3.8, 4) is 17.2 Å². The van der Waals surface area contributed by atoms with Gasteiger partial charge in [-0.05, 0) is 42.0 Å². The highest BCUT2D eigenvalue weighted by atomic mass is 32.2. The van der Waals surface area contributed by atoms with Gasteiger partial charge < -0.3 is 18.8 Å². The van der Waals surface area contributed by atoms with Crippen molar-refractivity contribution in [1.82, 2.24) is 8.87 Å². The Balaban J connectivity index is 1.59. The molecule has 0 saturated heterocycles. The van der Waals surface area contributed by atoms with E-state index in [0.29, 0.717) is 37.8 Å². The minimum Gasteiger partial charge on any atom is -0.497 e. The summed E-state index contributed by atoms with van der Waals surface area (Å²) in [5.74, 6) is 1.76. The molecule has 0 spiro atoms. The molecule has 30 heavy (non-hydrogen) atoms. The van der Waals surface area contributed by atoms with E-state index in [0.717, 1.165) is 17.0 Å². The van der Waals surface area contributed by atoms with E-state index in [2.05, 4.69) is 4.57 Å². The van der Waals surface area contributed by atoms with Crippen LogP contribution in [0.3, 0.4) is 0 Å². The number of hydrogen-bond acceptors (Lipinski definition) is 5. The third kappa shape index (κ3) is 3.12. The molecule has 2 aliphatic rings. The number of hydrogen-bond donors (Lipinski definition) is 0. The monoisotopic (exact) mass is 426 g/mol. The molecule has 0 unspecified atom stereocenters. The van der Waals surface area contributed by atoms with Crippen LogP contribution >= 0.6 is 0 Å². The molecular formula is C22H22N2O5S. The Kier molecular flexibility index (Phi) is 4.67. The first-order valence-electron chi connectivity index (χ1n) is 9.78. The Labute approximate surface area is 175 Å². The summed E-state index contributed by atoms with van der Waals surface area (Å²) in [6.45, 7) is 1.83. The van der Waals surface area contributed by atoms with E-state index in [-0.39, 0.29) is 4.90 Å². The van der Waals surface area contributed by atoms with Gasteiger partial charge in [-0.15, -0.1) is 0 Å². The second-order valence-electron chi connectivity index (χ2n) is 7.22. The Morgan fingerprint density at radius 3 is 2.50 bits per heavy atom. The molecule has 156 valence electrons. The summed E-state index contributed by atoms with van der Waals surface area (Å²) in [6, 6.07) is 15.8. The lowest BCUT2D eigenvalue weighted by Gasteiger charge is -2.36. The second-order valence-corrected chi connectivity index (χ2v) is 9.11.